The Bertz CT molecular complexity index is 788. The molecule has 0 aliphatic carbocycles. The predicted molar refractivity (Wildman–Crippen MR) is 126 cm³/mol. The lowest BCUT2D eigenvalue weighted by molar-refractivity contribution is -0.146. The average molecular weight is 409 g/mol. The van der Waals surface area contributed by atoms with Crippen molar-refractivity contribution in [2.75, 3.05) is 0 Å². The van der Waals surface area contributed by atoms with Gasteiger partial charge in [-0.15, -0.1) is 0 Å². The second-order valence-corrected chi connectivity index (χ2v) is 10.6. The monoisotopic (exact) mass is 408 g/mol. The van der Waals surface area contributed by atoms with Crippen molar-refractivity contribution in [2.24, 2.45) is 11.3 Å². The molecule has 0 bridgehead atoms. The van der Waals surface area contributed by atoms with E-state index in [1.165, 1.54) is 23.1 Å². The molecule has 3 rings (SSSR count). The summed E-state index contributed by atoms with van der Waals surface area (Å²) in [6, 6.07) is 17.4. The van der Waals surface area contributed by atoms with E-state index < -0.39 is 0 Å². The summed E-state index contributed by atoms with van der Waals surface area (Å²) in [4.78, 5) is 0. The molecule has 2 aromatic rings. The molecule has 164 valence electrons. The topological polar surface area (TPSA) is 18.5 Å². The summed E-state index contributed by atoms with van der Waals surface area (Å²) >= 11 is 0. The smallest absolute Gasteiger partial charge is 0.200 e. The van der Waals surface area contributed by atoms with E-state index in [9.17, 15) is 0 Å². The van der Waals surface area contributed by atoms with E-state index in [0.29, 0.717) is 17.3 Å². The summed E-state index contributed by atoms with van der Waals surface area (Å²) in [7, 11) is 0. The molecule has 0 N–H and O–H groups in total. The van der Waals surface area contributed by atoms with Crippen LogP contribution in [0.5, 0.6) is 5.75 Å². The van der Waals surface area contributed by atoms with Gasteiger partial charge in [0, 0.05) is 6.42 Å². The molecule has 3 unspecified atom stereocenters. The fourth-order valence-electron chi connectivity index (χ4n) is 4.55. The minimum atomic E-state index is -0.146. The Morgan fingerprint density at radius 1 is 1.03 bits per heavy atom. The van der Waals surface area contributed by atoms with Gasteiger partial charge in [-0.1, -0.05) is 77.1 Å². The SMILES string of the molecule is Cc1cc(C(CC(C)(C)C)C(C)C)ccc1OC1CCCC(Cc2ccccc2)O1. The molecular weight excluding hydrogens is 368 g/mol. The van der Waals surface area contributed by atoms with E-state index in [-0.39, 0.29) is 12.4 Å². The lowest BCUT2D eigenvalue weighted by atomic mass is 9.76. The van der Waals surface area contributed by atoms with Gasteiger partial charge < -0.3 is 9.47 Å². The molecule has 2 heteroatoms. The van der Waals surface area contributed by atoms with E-state index in [2.05, 4.69) is 90.1 Å². The fraction of sp³-hybridized carbons (Fsp3) is 0.571. The number of ether oxygens (including phenoxy) is 2. The Morgan fingerprint density at radius 2 is 1.77 bits per heavy atom. The van der Waals surface area contributed by atoms with Crippen LogP contribution in [0.1, 0.15) is 82.9 Å². The van der Waals surface area contributed by atoms with Gasteiger partial charge in [0.1, 0.15) is 5.75 Å². The normalized spacial score (nSPS) is 20.9. The summed E-state index contributed by atoms with van der Waals surface area (Å²) in [6.45, 7) is 13.8. The summed E-state index contributed by atoms with van der Waals surface area (Å²) in [6.07, 6.45) is 5.47. The first-order valence-electron chi connectivity index (χ1n) is 11.7. The zero-order valence-electron chi connectivity index (χ0n) is 19.8. The second-order valence-electron chi connectivity index (χ2n) is 10.6. The van der Waals surface area contributed by atoms with Crippen molar-refractivity contribution in [1.82, 2.24) is 0 Å². The number of rotatable bonds is 7. The lowest BCUT2D eigenvalue weighted by Crippen LogP contribution is -2.33. The van der Waals surface area contributed by atoms with Crippen molar-refractivity contribution >= 4 is 0 Å². The summed E-state index contributed by atoms with van der Waals surface area (Å²) in [5.41, 5.74) is 4.29. The molecule has 0 amide bonds. The van der Waals surface area contributed by atoms with Gasteiger partial charge in [-0.3, -0.25) is 0 Å². The van der Waals surface area contributed by atoms with E-state index in [1.54, 1.807) is 0 Å². The molecule has 30 heavy (non-hydrogen) atoms. The van der Waals surface area contributed by atoms with Crippen molar-refractivity contribution in [3.05, 3.63) is 65.2 Å². The van der Waals surface area contributed by atoms with Crippen molar-refractivity contribution in [1.29, 1.82) is 0 Å². The third kappa shape index (κ3) is 6.60. The molecule has 1 aliphatic heterocycles. The van der Waals surface area contributed by atoms with Crippen LogP contribution < -0.4 is 4.74 Å². The molecule has 0 aromatic heterocycles. The molecule has 1 fully saturated rings. The van der Waals surface area contributed by atoms with E-state index in [1.807, 2.05) is 0 Å². The van der Waals surface area contributed by atoms with E-state index in [4.69, 9.17) is 9.47 Å². The minimum Gasteiger partial charge on any atom is -0.465 e. The van der Waals surface area contributed by atoms with Crippen molar-refractivity contribution in [2.45, 2.75) is 92.0 Å². The lowest BCUT2D eigenvalue weighted by Gasteiger charge is -2.32. The van der Waals surface area contributed by atoms with E-state index >= 15 is 0 Å². The Balaban J connectivity index is 1.65. The molecule has 0 radical (unpaired) electrons. The predicted octanol–water partition coefficient (Wildman–Crippen LogP) is 7.69. The van der Waals surface area contributed by atoms with Gasteiger partial charge in [0.15, 0.2) is 6.29 Å². The maximum Gasteiger partial charge on any atom is 0.200 e. The van der Waals surface area contributed by atoms with Gasteiger partial charge in [-0.2, -0.15) is 0 Å². The van der Waals surface area contributed by atoms with Gasteiger partial charge in [-0.25, -0.2) is 0 Å². The highest BCUT2D eigenvalue weighted by atomic mass is 16.7. The number of hydrogen-bond donors (Lipinski definition) is 0. The van der Waals surface area contributed by atoms with Crippen LogP contribution in [0.2, 0.25) is 0 Å². The van der Waals surface area contributed by atoms with Crippen molar-refractivity contribution < 1.29 is 9.47 Å². The Hall–Kier alpha value is -1.80. The van der Waals surface area contributed by atoms with Crippen LogP contribution >= 0.6 is 0 Å². The van der Waals surface area contributed by atoms with Crippen LogP contribution in [0, 0.1) is 18.3 Å². The number of hydrogen-bond acceptors (Lipinski definition) is 2. The molecule has 1 aliphatic rings. The molecule has 0 saturated carbocycles. The van der Waals surface area contributed by atoms with Gasteiger partial charge in [-0.05, 0) is 72.6 Å². The first kappa shape index (κ1) is 22.9. The minimum absolute atomic E-state index is 0.146. The van der Waals surface area contributed by atoms with Crippen LogP contribution in [-0.2, 0) is 11.2 Å². The fourth-order valence-corrected chi connectivity index (χ4v) is 4.55. The Morgan fingerprint density at radius 3 is 2.40 bits per heavy atom. The number of aryl methyl sites for hydroxylation is 1. The standard InChI is InChI=1S/C28H40O2/c1-20(2)25(19-28(4,5)6)23-15-16-26(21(3)17-23)30-27-14-10-13-24(29-27)18-22-11-8-7-9-12-22/h7-9,11-12,15-17,20,24-25,27H,10,13-14,18-19H2,1-6H3. The summed E-state index contributed by atoms with van der Waals surface area (Å²) in [5.74, 6) is 2.15. The van der Waals surface area contributed by atoms with Gasteiger partial charge >= 0.3 is 0 Å². The molecule has 3 atom stereocenters. The summed E-state index contributed by atoms with van der Waals surface area (Å²) in [5, 5.41) is 0. The highest BCUT2D eigenvalue weighted by Crippen LogP contribution is 2.38. The van der Waals surface area contributed by atoms with Gasteiger partial charge in [0.25, 0.3) is 0 Å². The zero-order valence-corrected chi connectivity index (χ0v) is 19.8. The molecular formula is C28H40O2. The molecule has 1 saturated heterocycles. The first-order valence-corrected chi connectivity index (χ1v) is 11.7. The largest absolute Gasteiger partial charge is 0.465 e. The van der Waals surface area contributed by atoms with Gasteiger partial charge in [0.2, 0.25) is 0 Å². The van der Waals surface area contributed by atoms with Gasteiger partial charge in [0.05, 0.1) is 6.10 Å². The second kappa shape index (κ2) is 10.0. The van der Waals surface area contributed by atoms with Crippen LogP contribution in [0.4, 0.5) is 0 Å². The van der Waals surface area contributed by atoms with Crippen molar-refractivity contribution in [3.63, 3.8) is 0 Å². The highest BCUT2D eigenvalue weighted by Gasteiger charge is 2.26. The Labute approximate surface area is 184 Å². The van der Waals surface area contributed by atoms with Crippen molar-refractivity contribution in [3.8, 4) is 5.75 Å². The quantitative estimate of drug-likeness (QED) is 0.467. The number of benzene rings is 2. The van der Waals surface area contributed by atoms with Crippen LogP contribution in [0.25, 0.3) is 0 Å². The first-order chi connectivity index (χ1) is 14.2. The van der Waals surface area contributed by atoms with Crippen LogP contribution in [-0.4, -0.2) is 12.4 Å². The Kier molecular flexibility index (Phi) is 7.63. The molecule has 2 nitrogen and oxygen atoms in total. The zero-order chi connectivity index (χ0) is 21.7. The third-order valence-corrected chi connectivity index (χ3v) is 6.14. The average Bonchev–Trinajstić information content (AvgIpc) is 2.68. The molecule has 1 heterocycles. The molecule has 0 spiro atoms. The van der Waals surface area contributed by atoms with E-state index in [0.717, 1.165) is 31.4 Å². The highest BCUT2D eigenvalue weighted by molar-refractivity contribution is 5.38. The maximum absolute atomic E-state index is 6.33. The molecule has 2 aromatic carbocycles. The van der Waals surface area contributed by atoms with Crippen LogP contribution in [0.3, 0.4) is 0 Å². The maximum atomic E-state index is 6.33. The van der Waals surface area contributed by atoms with Crippen LogP contribution in [0.15, 0.2) is 48.5 Å². The third-order valence-electron chi connectivity index (χ3n) is 6.14. The summed E-state index contributed by atoms with van der Waals surface area (Å²) < 4.78 is 12.6.